The minimum atomic E-state index is -1.52. The maximum absolute atomic E-state index is 12.9. The van der Waals surface area contributed by atoms with Crippen LogP contribution in [0.3, 0.4) is 0 Å². The average molecular weight is 1040 g/mol. The molecule has 0 aromatic carbocycles. The van der Waals surface area contributed by atoms with Crippen LogP contribution in [0.4, 0.5) is 0 Å². The van der Waals surface area contributed by atoms with Gasteiger partial charge in [-0.2, -0.15) is 0 Å². The van der Waals surface area contributed by atoms with Crippen LogP contribution in [0.5, 0.6) is 0 Å². The molecule has 74 heavy (non-hydrogen) atoms. The second kappa shape index (κ2) is 55.4. The Balaban J connectivity index is 4.14. The highest BCUT2D eigenvalue weighted by Gasteiger charge is 2.25. The van der Waals surface area contributed by atoms with E-state index in [1.807, 2.05) is 21.1 Å². The van der Waals surface area contributed by atoms with Crippen molar-refractivity contribution < 1.29 is 42.9 Å². The predicted molar refractivity (Wildman–Crippen MR) is 313 cm³/mol. The van der Waals surface area contributed by atoms with Gasteiger partial charge in [-0.3, -0.25) is 9.59 Å². The summed E-state index contributed by atoms with van der Waals surface area (Å²) in [4.78, 5) is 37.4. The van der Waals surface area contributed by atoms with E-state index in [0.29, 0.717) is 17.4 Å². The van der Waals surface area contributed by atoms with Crippen molar-refractivity contribution in [1.82, 2.24) is 0 Å². The Morgan fingerprint density at radius 2 is 0.770 bits per heavy atom. The van der Waals surface area contributed by atoms with E-state index >= 15 is 0 Å². The minimum Gasteiger partial charge on any atom is -0.477 e. The van der Waals surface area contributed by atoms with E-state index in [1.54, 1.807) is 0 Å². The zero-order valence-electron chi connectivity index (χ0n) is 48.2. The Kier molecular flexibility index (Phi) is 52.6. The van der Waals surface area contributed by atoms with E-state index in [9.17, 15) is 19.5 Å². The number of aliphatic carboxylic acids is 1. The first-order chi connectivity index (χ1) is 36.1. The molecule has 0 aliphatic rings. The zero-order valence-corrected chi connectivity index (χ0v) is 48.2. The molecule has 0 heterocycles. The number of nitrogens with zero attached hydrogens (tertiary/aromatic N) is 1. The van der Waals surface area contributed by atoms with Gasteiger partial charge >= 0.3 is 17.9 Å². The molecule has 9 nitrogen and oxygen atoms in total. The third-order valence-corrected chi connectivity index (χ3v) is 12.6. The van der Waals surface area contributed by atoms with Gasteiger partial charge in [0.05, 0.1) is 34.4 Å². The lowest BCUT2D eigenvalue weighted by molar-refractivity contribution is -0.870. The molecule has 0 rings (SSSR count). The smallest absolute Gasteiger partial charge is 0.361 e. The highest BCUT2D eigenvalue weighted by atomic mass is 16.7. The summed E-state index contributed by atoms with van der Waals surface area (Å²) in [6.45, 7) is 4.74. The molecule has 424 valence electrons. The first kappa shape index (κ1) is 70.2. The van der Waals surface area contributed by atoms with Gasteiger partial charge in [0.15, 0.2) is 6.10 Å². The van der Waals surface area contributed by atoms with Crippen LogP contribution in [-0.4, -0.2) is 87.4 Å². The molecule has 0 radical (unpaired) electrons. The van der Waals surface area contributed by atoms with Crippen LogP contribution in [0.25, 0.3) is 0 Å². The summed E-state index contributed by atoms with van der Waals surface area (Å²) in [5, 5.41) is 9.69. The predicted octanol–water partition coefficient (Wildman–Crippen LogP) is 17.7. The number of carboxylic acid groups (broad SMARTS) is 1. The molecule has 0 saturated heterocycles. The topological polar surface area (TPSA) is 108 Å². The second-order valence-electron chi connectivity index (χ2n) is 20.9. The third-order valence-electron chi connectivity index (χ3n) is 12.6. The van der Waals surface area contributed by atoms with Crippen LogP contribution in [0, 0.1) is 0 Å². The van der Waals surface area contributed by atoms with Crippen molar-refractivity contribution >= 4 is 17.9 Å². The third kappa shape index (κ3) is 55.9. The zero-order chi connectivity index (χ0) is 54.1. The fourth-order valence-corrected chi connectivity index (χ4v) is 7.99. The molecule has 2 atom stereocenters. The van der Waals surface area contributed by atoms with Gasteiger partial charge in [-0.05, 0) is 96.3 Å². The van der Waals surface area contributed by atoms with E-state index < -0.39 is 24.3 Å². The Labute approximate surface area is 454 Å². The van der Waals surface area contributed by atoms with Gasteiger partial charge in [-0.15, -0.1) is 0 Å². The second-order valence-corrected chi connectivity index (χ2v) is 20.9. The number of ether oxygens (including phenoxy) is 4. The SMILES string of the molecule is CC/C=C\C/C=C\C/C=C\C/C=C\C/C=C\C/C=C\C/C=C\CCCCCCCCCCCCCCCC(=O)OC(COC(=O)CCCCCCC/C=C\CCCCCCC)COC(OCC[N+](C)(C)C)C(=O)O. The summed E-state index contributed by atoms with van der Waals surface area (Å²) in [5.74, 6) is -2.02. The van der Waals surface area contributed by atoms with Crippen LogP contribution < -0.4 is 0 Å². The summed E-state index contributed by atoms with van der Waals surface area (Å²) in [7, 11) is 5.96. The number of quaternary nitrogens is 1. The van der Waals surface area contributed by atoms with Gasteiger partial charge in [0.25, 0.3) is 6.29 Å². The van der Waals surface area contributed by atoms with E-state index in [2.05, 4.69) is 111 Å². The van der Waals surface area contributed by atoms with Gasteiger partial charge in [0.2, 0.25) is 0 Å². The number of carboxylic acids is 1. The van der Waals surface area contributed by atoms with Crippen LogP contribution in [0.15, 0.2) is 97.2 Å². The van der Waals surface area contributed by atoms with Gasteiger partial charge in [0, 0.05) is 12.8 Å². The quantitative estimate of drug-likeness (QED) is 0.0211. The molecule has 0 spiro atoms. The molecule has 0 aliphatic carbocycles. The molecule has 0 saturated carbocycles. The first-order valence-corrected chi connectivity index (χ1v) is 29.9. The largest absolute Gasteiger partial charge is 0.477 e. The number of unbranched alkanes of at least 4 members (excludes halogenated alkanes) is 23. The number of carbonyl (C=O) groups excluding carboxylic acids is 2. The van der Waals surface area contributed by atoms with E-state index in [0.717, 1.165) is 103 Å². The van der Waals surface area contributed by atoms with Crippen LogP contribution in [0.2, 0.25) is 0 Å². The van der Waals surface area contributed by atoms with Crippen molar-refractivity contribution in [3.05, 3.63) is 97.2 Å². The lowest BCUT2D eigenvalue weighted by Crippen LogP contribution is -2.40. The van der Waals surface area contributed by atoms with E-state index in [4.69, 9.17) is 18.9 Å². The van der Waals surface area contributed by atoms with Crippen molar-refractivity contribution in [3.8, 4) is 0 Å². The van der Waals surface area contributed by atoms with Crippen LogP contribution in [-0.2, 0) is 33.3 Å². The van der Waals surface area contributed by atoms with Crippen molar-refractivity contribution in [2.75, 3.05) is 47.5 Å². The molecule has 0 bridgehead atoms. The molecule has 2 unspecified atom stereocenters. The fraction of sp³-hybridized carbons (Fsp3) is 0.708. The molecule has 0 fully saturated rings. The van der Waals surface area contributed by atoms with Gasteiger partial charge in [0.1, 0.15) is 13.2 Å². The molecule has 0 aliphatic heterocycles. The Hall–Kier alpha value is -3.79. The molecular weight excluding hydrogens is 923 g/mol. The van der Waals surface area contributed by atoms with Gasteiger partial charge in [-0.25, -0.2) is 4.79 Å². The van der Waals surface area contributed by atoms with Crippen molar-refractivity contribution in [3.63, 3.8) is 0 Å². The number of allylic oxidation sites excluding steroid dienone is 16. The number of likely N-dealkylation sites (N-methyl/N-ethyl adjacent to an activating group) is 1. The van der Waals surface area contributed by atoms with Crippen molar-refractivity contribution in [2.45, 2.75) is 251 Å². The first-order valence-electron chi connectivity index (χ1n) is 29.9. The lowest BCUT2D eigenvalue weighted by atomic mass is 10.0. The van der Waals surface area contributed by atoms with Crippen molar-refractivity contribution in [1.29, 1.82) is 0 Å². The maximum atomic E-state index is 12.9. The average Bonchev–Trinajstić information content (AvgIpc) is 3.37. The highest BCUT2D eigenvalue weighted by Crippen LogP contribution is 2.15. The van der Waals surface area contributed by atoms with Gasteiger partial charge < -0.3 is 28.5 Å². The van der Waals surface area contributed by atoms with E-state index in [-0.39, 0.29) is 38.6 Å². The van der Waals surface area contributed by atoms with Crippen molar-refractivity contribution in [2.24, 2.45) is 0 Å². The number of rotatable bonds is 54. The molecule has 0 aromatic rings. The molecule has 0 amide bonds. The summed E-state index contributed by atoms with van der Waals surface area (Å²) in [6.07, 6.45) is 72.1. The molecule has 9 heteroatoms. The Morgan fingerprint density at radius 3 is 1.16 bits per heavy atom. The summed E-state index contributed by atoms with van der Waals surface area (Å²) in [6, 6.07) is 0. The number of hydrogen-bond donors (Lipinski definition) is 1. The fourth-order valence-electron chi connectivity index (χ4n) is 7.99. The van der Waals surface area contributed by atoms with Crippen LogP contribution >= 0.6 is 0 Å². The maximum Gasteiger partial charge on any atom is 0.361 e. The normalized spacial score (nSPS) is 13.5. The summed E-state index contributed by atoms with van der Waals surface area (Å²) >= 11 is 0. The Morgan fingerprint density at radius 1 is 0.419 bits per heavy atom. The minimum absolute atomic E-state index is 0.183. The van der Waals surface area contributed by atoms with Gasteiger partial charge in [-0.1, -0.05) is 227 Å². The molecule has 1 N–H and O–H groups in total. The number of esters is 2. The molecule has 0 aromatic heterocycles. The summed E-state index contributed by atoms with van der Waals surface area (Å²) < 4.78 is 22.8. The number of carbonyl (C=O) groups is 3. The number of hydrogen-bond acceptors (Lipinski definition) is 7. The summed E-state index contributed by atoms with van der Waals surface area (Å²) in [5.41, 5.74) is 0. The highest BCUT2D eigenvalue weighted by molar-refractivity contribution is 5.71. The van der Waals surface area contributed by atoms with E-state index in [1.165, 1.54) is 103 Å². The Bertz CT molecular complexity index is 1530. The van der Waals surface area contributed by atoms with Crippen LogP contribution in [0.1, 0.15) is 239 Å². The lowest BCUT2D eigenvalue weighted by Gasteiger charge is -2.25. The standard InChI is InChI=1S/C65H111NO8/c1-6-8-10-12-14-16-18-20-22-23-24-25-26-27-28-29-30-31-32-33-34-35-36-37-38-39-40-41-42-44-46-48-50-52-54-56-63(68)74-61(60-73-65(64(69)70)71-58-57-66(3,4)5)59-72-62(67)55-53-51-49-47-45-43-21-19-17-15-13-11-9-7-2/h8,10,14,16,19-22,24-25,27-28,30-31,33-34,61,65H,6-7,9,11-13,15,17-18,23,26,29,32,35-60H2,1-5H3/p+1/b10-8-,16-14-,21-19-,22-20-,25-24-,28-27-,31-30-,34-33-. The monoisotopic (exact) mass is 1030 g/mol. The molecular formula is C65H112NO8+.